The fourth-order valence-electron chi connectivity index (χ4n) is 7.30. The summed E-state index contributed by atoms with van der Waals surface area (Å²) in [4.78, 5) is 19.8. The third-order valence-corrected chi connectivity index (χ3v) is 9.62. The fourth-order valence-corrected chi connectivity index (χ4v) is 7.30. The summed E-state index contributed by atoms with van der Waals surface area (Å²) in [6.45, 7) is 0. The lowest BCUT2D eigenvalue weighted by molar-refractivity contribution is 0.669. The van der Waals surface area contributed by atoms with Crippen LogP contribution in [0, 0.1) is 0 Å². The van der Waals surface area contributed by atoms with E-state index in [0.717, 1.165) is 71.2 Å². The van der Waals surface area contributed by atoms with Crippen LogP contribution in [-0.2, 0) is 0 Å². The molecule has 0 bridgehead atoms. The third kappa shape index (κ3) is 4.17. The van der Waals surface area contributed by atoms with Crippen LogP contribution < -0.4 is 0 Å². The van der Waals surface area contributed by atoms with Crippen LogP contribution in [0.5, 0.6) is 0 Å². The van der Waals surface area contributed by atoms with E-state index in [9.17, 15) is 0 Å². The molecule has 5 heterocycles. The zero-order valence-corrected chi connectivity index (χ0v) is 26.9. The van der Waals surface area contributed by atoms with Crippen molar-refractivity contribution in [1.29, 1.82) is 0 Å². The van der Waals surface area contributed by atoms with Gasteiger partial charge in [0.15, 0.2) is 17.5 Å². The van der Waals surface area contributed by atoms with Gasteiger partial charge in [-0.3, -0.25) is 4.98 Å². The standard InChI is InChI=1S/C43H24N6O2/c1-2-10-27-25(9-1)19-20-34-37(27)38(48-49(34)26-21-23-44-24-22-26)43-46-41(32-15-7-13-30-28-11-3-5-17-35(28)50-39(30)32)45-42(47-43)33-16-8-14-31-29-12-4-6-18-36(29)51-40(31)33/h1-24H. The topological polar surface area (TPSA) is 95.7 Å². The molecule has 0 aliphatic carbocycles. The van der Waals surface area contributed by atoms with Crippen molar-refractivity contribution in [3.63, 3.8) is 0 Å². The summed E-state index contributed by atoms with van der Waals surface area (Å²) in [5.41, 5.74) is 6.98. The van der Waals surface area contributed by atoms with Crippen molar-refractivity contribution < 1.29 is 8.83 Å². The molecule has 51 heavy (non-hydrogen) atoms. The Kier molecular flexibility index (Phi) is 5.79. The van der Waals surface area contributed by atoms with E-state index in [4.69, 9.17) is 28.9 Å². The molecule has 0 fully saturated rings. The summed E-state index contributed by atoms with van der Waals surface area (Å²) < 4.78 is 14.9. The Bertz CT molecular complexity index is 3030. The highest BCUT2D eigenvalue weighted by Gasteiger charge is 2.24. The lowest BCUT2D eigenvalue weighted by Crippen LogP contribution is -2.02. The summed E-state index contributed by atoms with van der Waals surface area (Å²) in [6, 6.07) is 44.7. The molecule has 0 spiro atoms. The number of pyridine rings is 1. The summed E-state index contributed by atoms with van der Waals surface area (Å²) in [6.07, 6.45) is 3.54. The molecule has 0 N–H and O–H groups in total. The van der Waals surface area contributed by atoms with Gasteiger partial charge in [0.1, 0.15) is 28.0 Å². The van der Waals surface area contributed by atoms with Gasteiger partial charge in [0.2, 0.25) is 0 Å². The highest BCUT2D eigenvalue weighted by Crippen LogP contribution is 2.40. The number of rotatable bonds is 4. The lowest BCUT2D eigenvalue weighted by atomic mass is 10.0. The zero-order valence-electron chi connectivity index (χ0n) is 26.9. The average molecular weight is 657 g/mol. The first-order chi connectivity index (χ1) is 25.3. The van der Waals surface area contributed by atoms with Gasteiger partial charge >= 0.3 is 0 Å². The Morgan fingerprint density at radius 3 is 1.65 bits per heavy atom. The average Bonchev–Trinajstić information content (AvgIpc) is 3.90. The highest BCUT2D eigenvalue weighted by molar-refractivity contribution is 6.13. The molecule has 0 unspecified atom stereocenters. The van der Waals surface area contributed by atoms with Gasteiger partial charge < -0.3 is 8.83 Å². The SMILES string of the molecule is c1ccc2c(c1)ccc1c2c(-c2nc(-c3cccc4c3oc3ccccc34)nc(-c3cccc4c3oc3ccccc34)n2)nn1-c1ccncc1. The smallest absolute Gasteiger partial charge is 0.185 e. The zero-order chi connectivity index (χ0) is 33.5. The fraction of sp³-hybridized carbons (Fsp3) is 0. The Morgan fingerprint density at radius 2 is 1.00 bits per heavy atom. The molecule has 11 rings (SSSR count). The second kappa shape index (κ2) is 10.7. The van der Waals surface area contributed by atoms with Gasteiger partial charge in [0.05, 0.1) is 22.3 Å². The number of aromatic nitrogens is 6. The number of fused-ring (bicyclic) bond motifs is 9. The van der Waals surface area contributed by atoms with Gasteiger partial charge in [-0.2, -0.15) is 5.10 Å². The molecule has 0 aliphatic rings. The maximum Gasteiger partial charge on any atom is 0.185 e. The van der Waals surface area contributed by atoms with E-state index in [-0.39, 0.29) is 0 Å². The normalized spacial score (nSPS) is 11.9. The van der Waals surface area contributed by atoms with Gasteiger partial charge in [-0.05, 0) is 53.2 Å². The van der Waals surface area contributed by atoms with E-state index in [0.29, 0.717) is 34.3 Å². The Hall–Kier alpha value is -7.19. The van der Waals surface area contributed by atoms with Crippen LogP contribution in [0.2, 0.25) is 0 Å². The first-order valence-corrected chi connectivity index (χ1v) is 16.7. The van der Waals surface area contributed by atoms with Crippen LogP contribution in [0.3, 0.4) is 0 Å². The van der Waals surface area contributed by atoms with Gasteiger partial charge in [-0.25, -0.2) is 19.6 Å². The summed E-state index contributed by atoms with van der Waals surface area (Å²) in [5.74, 6) is 1.38. The maximum absolute atomic E-state index is 6.48. The van der Waals surface area contributed by atoms with E-state index >= 15 is 0 Å². The maximum atomic E-state index is 6.48. The van der Waals surface area contributed by atoms with Crippen molar-refractivity contribution in [2.75, 3.05) is 0 Å². The number of hydrogen-bond acceptors (Lipinski definition) is 7. The van der Waals surface area contributed by atoms with E-state index in [2.05, 4.69) is 53.5 Å². The second-order valence-electron chi connectivity index (χ2n) is 12.5. The van der Waals surface area contributed by atoms with Crippen molar-refractivity contribution in [3.05, 3.63) is 146 Å². The molecule has 8 nitrogen and oxygen atoms in total. The molecule has 0 aliphatic heterocycles. The van der Waals surface area contributed by atoms with Gasteiger partial charge in [0, 0.05) is 39.3 Å². The van der Waals surface area contributed by atoms with Crippen LogP contribution in [0.15, 0.2) is 155 Å². The Balaban J connectivity index is 1.25. The van der Waals surface area contributed by atoms with Crippen molar-refractivity contribution in [3.8, 4) is 40.0 Å². The second-order valence-corrected chi connectivity index (χ2v) is 12.5. The first-order valence-electron chi connectivity index (χ1n) is 16.7. The molecule has 0 saturated carbocycles. The number of nitrogens with zero attached hydrogens (tertiary/aromatic N) is 6. The Morgan fingerprint density at radius 1 is 0.451 bits per heavy atom. The highest BCUT2D eigenvalue weighted by atomic mass is 16.3. The molecular formula is C43H24N6O2. The third-order valence-electron chi connectivity index (χ3n) is 9.62. The predicted molar refractivity (Wildman–Crippen MR) is 201 cm³/mol. The number of para-hydroxylation sites is 4. The quantitative estimate of drug-likeness (QED) is 0.186. The van der Waals surface area contributed by atoms with Gasteiger partial charge in [0.25, 0.3) is 0 Å². The summed E-state index contributed by atoms with van der Waals surface area (Å²) in [7, 11) is 0. The minimum atomic E-state index is 0.436. The molecule has 0 radical (unpaired) electrons. The number of furan rings is 2. The van der Waals surface area contributed by atoms with Crippen molar-refractivity contribution >= 4 is 65.6 Å². The minimum Gasteiger partial charge on any atom is -0.455 e. The van der Waals surface area contributed by atoms with Gasteiger partial charge in [-0.1, -0.05) is 91.0 Å². The van der Waals surface area contributed by atoms with Crippen LogP contribution >= 0.6 is 0 Å². The van der Waals surface area contributed by atoms with E-state index in [1.165, 1.54) is 0 Å². The minimum absolute atomic E-state index is 0.436. The molecule has 11 aromatic rings. The molecule has 6 aromatic carbocycles. The van der Waals surface area contributed by atoms with Gasteiger partial charge in [-0.15, -0.1) is 0 Å². The molecule has 238 valence electrons. The van der Waals surface area contributed by atoms with Crippen LogP contribution in [0.1, 0.15) is 0 Å². The summed E-state index contributed by atoms with van der Waals surface area (Å²) >= 11 is 0. The number of hydrogen-bond donors (Lipinski definition) is 0. The van der Waals surface area contributed by atoms with Crippen molar-refractivity contribution in [1.82, 2.24) is 29.7 Å². The molecular weight excluding hydrogens is 633 g/mol. The van der Waals surface area contributed by atoms with Crippen molar-refractivity contribution in [2.45, 2.75) is 0 Å². The molecule has 5 aromatic heterocycles. The molecule has 8 heteroatoms. The van der Waals surface area contributed by atoms with E-state index in [1.807, 2.05) is 89.6 Å². The van der Waals surface area contributed by atoms with Crippen molar-refractivity contribution in [2.24, 2.45) is 0 Å². The van der Waals surface area contributed by atoms with Crippen LogP contribution in [-0.4, -0.2) is 29.7 Å². The Labute approximate surface area is 289 Å². The van der Waals surface area contributed by atoms with E-state index in [1.54, 1.807) is 12.4 Å². The predicted octanol–water partition coefficient (Wildman–Crippen LogP) is 10.6. The van der Waals surface area contributed by atoms with Crippen LogP contribution in [0.4, 0.5) is 0 Å². The van der Waals surface area contributed by atoms with E-state index < -0.39 is 0 Å². The first kappa shape index (κ1) is 27.7. The largest absolute Gasteiger partial charge is 0.455 e. The molecule has 0 amide bonds. The molecule has 0 saturated heterocycles. The molecule has 0 atom stereocenters. The number of benzene rings is 6. The summed E-state index contributed by atoms with van der Waals surface area (Å²) in [5, 5.41) is 12.4. The lowest BCUT2D eigenvalue weighted by Gasteiger charge is -2.08. The monoisotopic (exact) mass is 656 g/mol. The van der Waals surface area contributed by atoms with Crippen LogP contribution in [0.25, 0.3) is 106 Å².